The van der Waals surface area contributed by atoms with E-state index in [-0.39, 0.29) is 16.9 Å². The van der Waals surface area contributed by atoms with Crippen LogP contribution in [0.25, 0.3) is 0 Å². The molecular weight excluding hydrogens is 226 g/mol. The van der Waals surface area contributed by atoms with E-state index < -0.39 is 0 Å². The van der Waals surface area contributed by atoms with Crippen molar-refractivity contribution < 1.29 is 4.79 Å². The van der Waals surface area contributed by atoms with Crippen molar-refractivity contribution >= 4 is 5.78 Å². The molecule has 0 aliphatic carbocycles. The lowest BCUT2D eigenvalue weighted by molar-refractivity contribution is 0.101. The van der Waals surface area contributed by atoms with E-state index in [4.69, 9.17) is 0 Å². The van der Waals surface area contributed by atoms with Gasteiger partial charge in [-0.1, -0.05) is 30.3 Å². The summed E-state index contributed by atoms with van der Waals surface area (Å²) in [4.78, 5) is 23.5. The molecule has 0 N–H and O–H groups in total. The van der Waals surface area contributed by atoms with Crippen molar-refractivity contribution in [2.75, 3.05) is 0 Å². The summed E-state index contributed by atoms with van der Waals surface area (Å²) < 4.78 is 1.63. The van der Waals surface area contributed by atoms with E-state index in [1.54, 1.807) is 16.7 Å². The van der Waals surface area contributed by atoms with Gasteiger partial charge >= 0.3 is 0 Å². The Kier molecular flexibility index (Phi) is 3.42. The topological polar surface area (TPSA) is 39.1 Å². The molecule has 0 amide bonds. The lowest BCUT2D eigenvalue weighted by Crippen LogP contribution is -2.27. The van der Waals surface area contributed by atoms with E-state index in [9.17, 15) is 9.59 Å². The van der Waals surface area contributed by atoms with Crippen LogP contribution in [-0.2, 0) is 6.54 Å². The van der Waals surface area contributed by atoms with E-state index in [0.717, 1.165) is 11.3 Å². The van der Waals surface area contributed by atoms with Crippen molar-refractivity contribution in [2.45, 2.75) is 20.4 Å². The van der Waals surface area contributed by atoms with Crippen LogP contribution in [0.2, 0.25) is 0 Å². The average molecular weight is 241 g/mol. The van der Waals surface area contributed by atoms with Gasteiger partial charge in [0.1, 0.15) is 0 Å². The number of Topliss-reactive ketones (excluding diaryl/α,β-unsaturated/α-hetero) is 1. The minimum atomic E-state index is -0.216. The highest BCUT2D eigenvalue weighted by Gasteiger charge is 2.10. The summed E-state index contributed by atoms with van der Waals surface area (Å²) in [6.45, 7) is 3.78. The lowest BCUT2D eigenvalue weighted by Gasteiger charge is -2.11. The highest BCUT2D eigenvalue weighted by atomic mass is 16.1. The van der Waals surface area contributed by atoms with Gasteiger partial charge < -0.3 is 4.57 Å². The van der Waals surface area contributed by atoms with Gasteiger partial charge in [-0.25, -0.2) is 0 Å². The number of hydrogen-bond acceptors (Lipinski definition) is 2. The minimum Gasteiger partial charge on any atom is -0.308 e. The Labute approximate surface area is 106 Å². The van der Waals surface area contributed by atoms with Gasteiger partial charge in [-0.05, 0) is 31.5 Å². The van der Waals surface area contributed by atoms with Crippen molar-refractivity contribution in [1.82, 2.24) is 4.57 Å². The Hall–Kier alpha value is -2.16. The molecule has 0 unspecified atom stereocenters. The van der Waals surface area contributed by atoms with Gasteiger partial charge in [0.2, 0.25) is 0 Å². The Balaban J connectivity index is 2.48. The number of hydrogen-bond donors (Lipinski definition) is 0. The molecule has 0 saturated carbocycles. The van der Waals surface area contributed by atoms with Gasteiger partial charge in [0.05, 0.1) is 12.1 Å². The van der Waals surface area contributed by atoms with Crippen LogP contribution in [0.3, 0.4) is 0 Å². The first-order valence-corrected chi connectivity index (χ1v) is 5.85. The van der Waals surface area contributed by atoms with Gasteiger partial charge in [-0.15, -0.1) is 0 Å². The predicted octanol–water partition coefficient (Wildman–Crippen LogP) is 2.41. The second kappa shape index (κ2) is 5.00. The second-order valence-corrected chi connectivity index (χ2v) is 4.32. The molecule has 0 aliphatic heterocycles. The third kappa shape index (κ3) is 2.40. The molecule has 3 heteroatoms. The van der Waals surface area contributed by atoms with Gasteiger partial charge in [0, 0.05) is 5.69 Å². The molecule has 0 fully saturated rings. The van der Waals surface area contributed by atoms with Crippen molar-refractivity contribution in [1.29, 1.82) is 0 Å². The Morgan fingerprint density at radius 2 is 1.78 bits per heavy atom. The van der Waals surface area contributed by atoms with Gasteiger partial charge in [-0.3, -0.25) is 9.59 Å². The minimum absolute atomic E-state index is 0.193. The normalized spacial score (nSPS) is 10.3. The Bertz CT molecular complexity index is 627. The van der Waals surface area contributed by atoms with Crippen molar-refractivity contribution in [3.8, 4) is 0 Å². The van der Waals surface area contributed by atoms with Crippen LogP contribution in [0.1, 0.15) is 28.5 Å². The van der Waals surface area contributed by atoms with Crippen molar-refractivity contribution in [3.05, 3.63) is 69.6 Å². The number of aromatic nitrogens is 1. The first kappa shape index (κ1) is 12.3. The SMILES string of the molecule is CC(=O)c1ccc(C)n(Cc2ccccc2)c1=O. The van der Waals surface area contributed by atoms with Crippen molar-refractivity contribution in [2.24, 2.45) is 0 Å². The molecule has 1 aromatic carbocycles. The summed E-state index contributed by atoms with van der Waals surface area (Å²) >= 11 is 0. The lowest BCUT2D eigenvalue weighted by atomic mass is 10.1. The number of nitrogens with zero attached hydrogens (tertiary/aromatic N) is 1. The molecule has 1 heterocycles. The van der Waals surface area contributed by atoms with E-state index >= 15 is 0 Å². The molecule has 2 aromatic rings. The fourth-order valence-corrected chi connectivity index (χ4v) is 1.90. The zero-order valence-electron chi connectivity index (χ0n) is 10.5. The number of carbonyl (C=O) groups is 1. The molecule has 0 radical (unpaired) electrons. The summed E-state index contributed by atoms with van der Waals surface area (Å²) in [6, 6.07) is 13.1. The standard InChI is InChI=1S/C15H15NO2/c1-11-8-9-14(12(2)17)15(18)16(11)10-13-6-4-3-5-7-13/h3-9H,10H2,1-2H3. The monoisotopic (exact) mass is 241 g/mol. The van der Waals surface area contributed by atoms with Crippen LogP contribution in [0.15, 0.2) is 47.3 Å². The van der Waals surface area contributed by atoms with Crippen LogP contribution in [0.4, 0.5) is 0 Å². The number of rotatable bonds is 3. The molecule has 0 spiro atoms. The number of carbonyl (C=O) groups excluding carboxylic acids is 1. The van der Waals surface area contributed by atoms with E-state index in [2.05, 4.69) is 0 Å². The van der Waals surface area contributed by atoms with Gasteiger partial charge in [-0.2, -0.15) is 0 Å². The molecule has 0 aliphatic rings. The maximum Gasteiger partial charge on any atom is 0.261 e. The number of ketones is 1. The van der Waals surface area contributed by atoms with Gasteiger partial charge in [0.25, 0.3) is 5.56 Å². The van der Waals surface area contributed by atoms with Crippen molar-refractivity contribution in [3.63, 3.8) is 0 Å². The molecule has 0 saturated heterocycles. The second-order valence-electron chi connectivity index (χ2n) is 4.32. The average Bonchev–Trinajstić information content (AvgIpc) is 2.35. The summed E-state index contributed by atoms with van der Waals surface area (Å²) in [5.74, 6) is -0.193. The predicted molar refractivity (Wildman–Crippen MR) is 71.0 cm³/mol. The van der Waals surface area contributed by atoms with Gasteiger partial charge in [0.15, 0.2) is 5.78 Å². The summed E-state index contributed by atoms with van der Waals surface area (Å²) in [5, 5.41) is 0. The summed E-state index contributed by atoms with van der Waals surface area (Å²) in [6.07, 6.45) is 0. The van der Waals surface area contributed by atoms with Crippen LogP contribution in [0.5, 0.6) is 0 Å². The Morgan fingerprint density at radius 3 is 2.39 bits per heavy atom. The highest BCUT2D eigenvalue weighted by molar-refractivity contribution is 5.93. The van der Waals surface area contributed by atoms with Crippen LogP contribution < -0.4 is 5.56 Å². The molecule has 92 valence electrons. The summed E-state index contributed by atoms with van der Waals surface area (Å²) in [5.41, 5.74) is 1.93. The fourth-order valence-electron chi connectivity index (χ4n) is 1.90. The largest absolute Gasteiger partial charge is 0.308 e. The maximum absolute atomic E-state index is 12.2. The quantitative estimate of drug-likeness (QED) is 0.774. The maximum atomic E-state index is 12.2. The molecule has 1 aromatic heterocycles. The zero-order chi connectivity index (χ0) is 13.1. The van der Waals surface area contributed by atoms with E-state index in [1.807, 2.05) is 37.3 Å². The van der Waals surface area contributed by atoms with E-state index in [0.29, 0.717) is 6.54 Å². The number of aryl methyl sites for hydroxylation is 1. The molecular formula is C15H15NO2. The molecule has 0 atom stereocenters. The first-order chi connectivity index (χ1) is 8.59. The number of pyridine rings is 1. The summed E-state index contributed by atoms with van der Waals surface area (Å²) in [7, 11) is 0. The molecule has 0 bridgehead atoms. The smallest absolute Gasteiger partial charge is 0.261 e. The molecule has 2 rings (SSSR count). The fraction of sp³-hybridized carbons (Fsp3) is 0.200. The van der Waals surface area contributed by atoms with E-state index in [1.165, 1.54) is 6.92 Å². The highest BCUT2D eigenvalue weighted by Crippen LogP contribution is 2.05. The van der Waals surface area contributed by atoms with Crippen LogP contribution in [0, 0.1) is 6.92 Å². The molecule has 3 nitrogen and oxygen atoms in total. The van der Waals surface area contributed by atoms with Crippen LogP contribution in [-0.4, -0.2) is 10.4 Å². The third-order valence-corrected chi connectivity index (χ3v) is 2.96. The number of benzene rings is 1. The Morgan fingerprint density at radius 1 is 1.11 bits per heavy atom. The molecule has 18 heavy (non-hydrogen) atoms. The first-order valence-electron chi connectivity index (χ1n) is 5.85. The third-order valence-electron chi connectivity index (χ3n) is 2.96. The van der Waals surface area contributed by atoms with Crippen LogP contribution >= 0.6 is 0 Å². The zero-order valence-corrected chi connectivity index (χ0v) is 10.5.